The van der Waals surface area contributed by atoms with Gasteiger partial charge in [-0.1, -0.05) is 13.8 Å². The molecule has 2 rings (SSSR count). The van der Waals surface area contributed by atoms with Gasteiger partial charge in [0.15, 0.2) is 4.96 Å². The summed E-state index contributed by atoms with van der Waals surface area (Å²) in [6, 6.07) is 0. The van der Waals surface area contributed by atoms with Crippen LogP contribution in [0.4, 0.5) is 0 Å². The monoisotopic (exact) mass is 266 g/mol. The summed E-state index contributed by atoms with van der Waals surface area (Å²) in [4.78, 5) is 7.86. The second-order valence-corrected chi connectivity index (χ2v) is 6.70. The van der Waals surface area contributed by atoms with Gasteiger partial charge < -0.3 is 10.2 Å². The Morgan fingerprint density at radius 2 is 2.22 bits per heavy atom. The summed E-state index contributed by atoms with van der Waals surface area (Å²) >= 11 is 1.67. The van der Waals surface area contributed by atoms with Crippen molar-refractivity contribution in [1.82, 2.24) is 19.6 Å². The Hall–Kier alpha value is -0.910. The molecule has 0 fully saturated rings. The highest BCUT2D eigenvalue weighted by Crippen LogP contribution is 2.15. The van der Waals surface area contributed by atoms with Crippen molar-refractivity contribution in [3.05, 3.63) is 23.5 Å². The first kappa shape index (κ1) is 13.5. The molecule has 0 amide bonds. The van der Waals surface area contributed by atoms with Crippen molar-refractivity contribution in [2.75, 3.05) is 27.2 Å². The lowest BCUT2D eigenvalue weighted by atomic mass is 9.93. The molecule has 0 bridgehead atoms. The molecule has 18 heavy (non-hydrogen) atoms. The SMILES string of the molecule is CN(C)CC(C)(C)CNCc1cn2ccsc2n1. The van der Waals surface area contributed by atoms with Crippen molar-refractivity contribution in [3.63, 3.8) is 0 Å². The van der Waals surface area contributed by atoms with Crippen LogP contribution in [0.5, 0.6) is 0 Å². The predicted molar refractivity (Wildman–Crippen MR) is 77.1 cm³/mol. The van der Waals surface area contributed by atoms with E-state index in [0.717, 1.165) is 30.3 Å². The van der Waals surface area contributed by atoms with Gasteiger partial charge >= 0.3 is 0 Å². The molecule has 1 N–H and O–H groups in total. The molecular weight excluding hydrogens is 244 g/mol. The molecule has 0 unspecified atom stereocenters. The maximum atomic E-state index is 4.56. The van der Waals surface area contributed by atoms with E-state index in [-0.39, 0.29) is 5.41 Å². The minimum absolute atomic E-state index is 0.278. The molecular formula is C13H22N4S. The Bertz CT molecular complexity index is 469. The number of fused-ring (bicyclic) bond motifs is 1. The molecule has 4 nitrogen and oxygen atoms in total. The Kier molecular flexibility index (Phi) is 4.04. The largest absolute Gasteiger partial charge is 0.311 e. The van der Waals surface area contributed by atoms with Crippen LogP contribution >= 0.6 is 11.3 Å². The van der Waals surface area contributed by atoms with Gasteiger partial charge in [0.2, 0.25) is 0 Å². The summed E-state index contributed by atoms with van der Waals surface area (Å²) in [6.45, 7) is 7.48. The standard InChI is InChI=1S/C13H22N4S/c1-13(2,10-16(3)4)9-14-7-11-8-17-5-6-18-12(17)15-11/h5-6,8,14H,7,9-10H2,1-4H3. The van der Waals surface area contributed by atoms with Gasteiger partial charge in [0.1, 0.15) is 0 Å². The molecule has 5 heteroatoms. The number of imidazole rings is 1. The van der Waals surface area contributed by atoms with Crippen LogP contribution in [0, 0.1) is 5.41 Å². The fourth-order valence-electron chi connectivity index (χ4n) is 2.30. The minimum atomic E-state index is 0.278. The molecule has 100 valence electrons. The molecule has 0 saturated heterocycles. The molecule has 0 spiro atoms. The highest BCUT2D eigenvalue weighted by atomic mass is 32.1. The number of nitrogens with one attached hydrogen (secondary N) is 1. The molecule has 0 aromatic carbocycles. The van der Waals surface area contributed by atoms with Crippen molar-refractivity contribution in [3.8, 4) is 0 Å². The molecule has 0 aliphatic heterocycles. The first-order valence-corrected chi connectivity index (χ1v) is 7.11. The minimum Gasteiger partial charge on any atom is -0.311 e. The highest BCUT2D eigenvalue weighted by Gasteiger charge is 2.18. The number of aromatic nitrogens is 2. The quantitative estimate of drug-likeness (QED) is 0.869. The summed E-state index contributed by atoms with van der Waals surface area (Å²) < 4.78 is 2.08. The van der Waals surface area contributed by atoms with Gasteiger partial charge in [0.25, 0.3) is 0 Å². The first-order chi connectivity index (χ1) is 8.46. The normalized spacial score (nSPS) is 12.7. The zero-order chi connectivity index (χ0) is 13.2. The van der Waals surface area contributed by atoms with Gasteiger partial charge in [-0.3, -0.25) is 4.40 Å². The van der Waals surface area contributed by atoms with Crippen LogP contribution < -0.4 is 5.32 Å². The Labute approximate surface area is 113 Å². The molecule has 0 aliphatic carbocycles. The van der Waals surface area contributed by atoms with E-state index >= 15 is 0 Å². The number of rotatable bonds is 6. The summed E-state index contributed by atoms with van der Waals surface area (Å²) in [7, 11) is 4.23. The van der Waals surface area contributed by atoms with Gasteiger partial charge in [0, 0.05) is 37.4 Å². The fraction of sp³-hybridized carbons (Fsp3) is 0.615. The smallest absolute Gasteiger partial charge is 0.193 e. The second kappa shape index (κ2) is 5.38. The fourth-order valence-corrected chi connectivity index (χ4v) is 3.02. The van der Waals surface area contributed by atoms with Crippen LogP contribution in [0.2, 0.25) is 0 Å². The van der Waals surface area contributed by atoms with Crippen molar-refractivity contribution in [2.24, 2.45) is 5.41 Å². The number of thiazole rings is 1. The molecule has 0 saturated carbocycles. The molecule has 0 atom stereocenters. The van der Waals surface area contributed by atoms with Crippen LogP contribution in [0.3, 0.4) is 0 Å². The summed E-state index contributed by atoms with van der Waals surface area (Å²) in [5, 5.41) is 5.56. The Morgan fingerprint density at radius 1 is 1.44 bits per heavy atom. The van der Waals surface area contributed by atoms with Crippen molar-refractivity contribution < 1.29 is 0 Å². The summed E-state index contributed by atoms with van der Waals surface area (Å²) in [5.74, 6) is 0. The maximum absolute atomic E-state index is 4.56. The van der Waals surface area contributed by atoms with E-state index in [1.54, 1.807) is 11.3 Å². The van der Waals surface area contributed by atoms with Gasteiger partial charge in [-0.15, -0.1) is 11.3 Å². The van der Waals surface area contributed by atoms with E-state index in [4.69, 9.17) is 0 Å². The zero-order valence-corrected chi connectivity index (χ0v) is 12.4. The lowest BCUT2D eigenvalue weighted by molar-refractivity contribution is 0.232. The van der Waals surface area contributed by atoms with Crippen LogP contribution in [-0.2, 0) is 6.54 Å². The number of hydrogen-bond acceptors (Lipinski definition) is 4. The van der Waals surface area contributed by atoms with Crippen LogP contribution in [0.1, 0.15) is 19.5 Å². The van der Waals surface area contributed by atoms with Crippen molar-refractivity contribution in [1.29, 1.82) is 0 Å². The number of nitrogens with zero attached hydrogens (tertiary/aromatic N) is 3. The highest BCUT2D eigenvalue weighted by molar-refractivity contribution is 7.15. The molecule has 0 radical (unpaired) electrons. The van der Waals surface area contributed by atoms with Crippen LogP contribution in [0.25, 0.3) is 4.96 Å². The van der Waals surface area contributed by atoms with Gasteiger partial charge in [-0.2, -0.15) is 0 Å². The van der Waals surface area contributed by atoms with E-state index in [1.807, 2.05) is 6.20 Å². The third-order valence-electron chi connectivity index (χ3n) is 2.80. The Balaban J connectivity index is 1.83. The average Bonchev–Trinajstić information content (AvgIpc) is 2.74. The maximum Gasteiger partial charge on any atom is 0.193 e. The van der Waals surface area contributed by atoms with E-state index in [2.05, 4.69) is 59.1 Å². The molecule has 2 aromatic heterocycles. The van der Waals surface area contributed by atoms with Crippen LogP contribution in [0.15, 0.2) is 17.8 Å². The average molecular weight is 266 g/mol. The second-order valence-electron chi connectivity index (χ2n) is 5.83. The van der Waals surface area contributed by atoms with Gasteiger partial charge in [-0.05, 0) is 19.5 Å². The van der Waals surface area contributed by atoms with E-state index in [9.17, 15) is 0 Å². The molecule has 2 aromatic rings. The number of hydrogen-bond donors (Lipinski definition) is 1. The molecule has 0 aliphatic rings. The van der Waals surface area contributed by atoms with Crippen molar-refractivity contribution >= 4 is 16.3 Å². The predicted octanol–water partition coefficient (Wildman–Crippen LogP) is 2.07. The third kappa shape index (κ3) is 3.54. The van der Waals surface area contributed by atoms with E-state index < -0.39 is 0 Å². The van der Waals surface area contributed by atoms with Crippen molar-refractivity contribution in [2.45, 2.75) is 20.4 Å². The lowest BCUT2D eigenvalue weighted by Crippen LogP contribution is -2.37. The third-order valence-corrected chi connectivity index (χ3v) is 3.57. The summed E-state index contributed by atoms with van der Waals surface area (Å²) in [5.41, 5.74) is 1.39. The Morgan fingerprint density at radius 3 is 2.89 bits per heavy atom. The lowest BCUT2D eigenvalue weighted by Gasteiger charge is -2.28. The van der Waals surface area contributed by atoms with E-state index in [0.29, 0.717) is 0 Å². The van der Waals surface area contributed by atoms with E-state index in [1.165, 1.54) is 0 Å². The first-order valence-electron chi connectivity index (χ1n) is 6.23. The van der Waals surface area contributed by atoms with Gasteiger partial charge in [-0.25, -0.2) is 4.98 Å². The topological polar surface area (TPSA) is 32.6 Å². The zero-order valence-electron chi connectivity index (χ0n) is 11.6. The summed E-state index contributed by atoms with van der Waals surface area (Å²) in [6.07, 6.45) is 4.14. The molecule has 2 heterocycles. The van der Waals surface area contributed by atoms with Gasteiger partial charge in [0.05, 0.1) is 5.69 Å². The van der Waals surface area contributed by atoms with Crippen LogP contribution in [-0.4, -0.2) is 41.5 Å².